The van der Waals surface area contributed by atoms with Gasteiger partial charge < -0.3 is 9.88 Å². The first kappa shape index (κ1) is 20.1. The van der Waals surface area contributed by atoms with Crippen molar-refractivity contribution in [1.29, 1.82) is 0 Å². The summed E-state index contributed by atoms with van der Waals surface area (Å²) in [6.07, 6.45) is 6.84. The molecule has 3 rings (SSSR count). The summed E-state index contributed by atoms with van der Waals surface area (Å²) in [4.78, 5) is 25.8. The molecular weight excluding hydrogens is 356 g/mol. The lowest BCUT2D eigenvalue weighted by atomic mass is 10.1. The third-order valence-corrected chi connectivity index (χ3v) is 5.53. The van der Waals surface area contributed by atoms with Crippen LogP contribution in [0.25, 0.3) is 0 Å². The van der Waals surface area contributed by atoms with Crippen LogP contribution >= 0.6 is 0 Å². The first-order chi connectivity index (χ1) is 13.5. The lowest BCUT2D eigenvalue weighted by molar-refractivity contribution is -0.385. The van der Waals surface area contributed by atoms with Crippen LogP contribution in [0.4, 0.5) is 5.69 Å². The third kappa shape index (κ3) is 4.59. The van der Waals surface area contributed by atoms with Gasteiger partial charge in [-0.2, -0.15) is 0 Å². The average Bonchev–Trinajstić information content (AvgIpc) is 2.92. The first-order valence-corrected chi connectivity index (χ1v) is 9.86. The standard InChI is InChI=1S/C21H28N4O3/c1-16-9-10-17(14-19(16)25(27)28)21(26)22-15-20(18-8-7-11-23(18)2)24-12-5-3-4-6-13-24/h7-11,14,20H,3-6,12-13,15H2,1-2H3,(H,22,26). The average molecular weight is 384 g/mol. The summed E-state index contributed by atoms with van der Waals surface area (Å²) in [6, 6.07) is 8.82. The third-order valence-electron chi connectivity index (χ3n) is 5.53. The second-order valence-corrected chi connectivity index (χ2v) is 7.48. The Morgan fingerprint density at radius 1 is 1.21 bits per heavy atom. The van der Waals surface area contributed by atoms with E-state index in [1.165, 1.54) is 31.7 Å². The van der Waals surface area contributed by atoms with Gasteiger partial charge in [-0.05, 0) is 51.1 Å². The number of aryl methyl sites for hydroxylation is 2. The Labute approximate surface area is 165 Å². The number of hydrogen-bond donors (Lipinski definition) is 1. The Morgan fingerprint density at radius 3 is 2.54 bits per heavy atom. The minimum atomic E-state index is -0.448. The van der Waals surface area contributed by atoms with Gasteiger partial charge in [-0.25, -0.2) is 0 Å². The van der Waals surface area contributed by atoms with Gasteiger partial charge in [-0.1, -0.05) is 18.9 Å². The quantitative estimate of drug-likeness (QED) is 0.610. The van der Waals surface area contributed by atoms with Crippen molar-refractivity contribution in [3.8, 4) is 0 Å². The number of benzene rings is 1. The summed E-state index contributed by atoms with van der Waals surface area (Å²) in [7, 11) is 2.02. The molecule has 2 heterocycles. The van der Waals surface area contributed by atoms with Gasteiger partial charge in [0.2, 0.25) is 0 Å². The summed E-state index contributed by atoms with van der Waals surface area (Å²) >= 11 is 0. The van der Waals surface area contributed by atoms with Crippen molar-refractivity contribution in [3.63, 3.8) is 0 Å². The molecule has 1 atom stereocenters. The molecule has 1 aliphatic rings. The summed E-state index contributed by atoms with van der Waals surface area (Å²) < 4.78 is 2.10. The zero-order valence-corrected chi connectivity index (χ0v) is 16.6. The van der Waals surface area contributed by atoms with Crippen molar-refractivity contribution in [2.75, 3.05) is 19.6 Å². The number of rotatable bonds is 6. The fourth-order valence-electron chi connectivity index (χ4n) is 3.89. The van der Waals surface area contributed by atoms with Crippen LogP contribution in [-0.2, 0) is 7.05 Å². The Kier molecular flexibility index (Phi) is 6.46. The van der Waals surface area contributed by atoms with E-state index in [1.54, 1.807) is 19.1 Å². The van der Waals surface area contributed by atoms with Gasteiger partial charge in [-0.15, -0.1) is 0 Å². The molecule has 150 valence electrons. The van der Waals surface area contributed by atoms with E-state index in [-0.39, 0.29) is 17.6 Å². The topological polar surface area (TPSA) is 80.4 Å². The van der Waals surface area contributed by atoms with Crippen molar-refractivity contribution in [2.24, 2.45) is 7.05 Å². The molecule has 7 nitrogen and oxygen atoms in total. The van der Waals surface area contributed by atoms with E-state index >= 15 is 0 Å². The lowest BCUT2D eigenvalue weighted by Gasteiger charge is -2.31. The Balaban J connectivity index is 1.76. The predicted octanol–water partition coefficient (Wildman–Crippen LogP) is 3.59. The molecule has 0 saturated carbocycles. The van der Waals surface area contributed by atoms with Gasteiger partial charge >= 0.3 is 0 Å². The second kappa shape index (κ2) is 9.01. The van der Waals surface area contributed by atoms with Crippen LogP contribution in [0.2, 0.25) is 0 Å². The van der Waals surface area contributed by atoms with Crippen molar-refractivity contribution in [3.05, 3.63) is 63.5 Å². The van der Waals surface area contributed by atoms with Gasteiger partial charge in [0.1, 0.15) is 0 Å². The van der Waals surface area contributed by atoms with Gasteiger partial charge in [-0.3, -0.25) is 19.8 Å². The number of hydrogen-bond acceptors (Lipinski definition) is 4. The molecule has 1 N–H and O–H groups in total. The van der Waals surface area contributed by atoms with Crippen molar-refractivity contribution in [2.45, 2.75) is 38.6 Å². The fourth-order valence-corrected chi connectivity index (χ4v) is 3.89. The minimum Gasteiger partial charge on any atom is -0.353 e. The second-order valence-electron chi connectivity index (χ2n) is 7.48. The van der Waals surface area contributed by atoms with Gasteiger partial charge in [0, 0.05) is 42.7 Å². The number of aromatic nitrogens is 1. The van der Waals surface area contributed by atoms with Crippen LogP contribution in [0.1, 0.15) is 53.3 Å². The smallest absolute Gasteiger partial charge is 0.273 e. The SMILES string of the molecule is Cc1ccc(C(=O)NCC(c2cccn2C)N2CCCCCC2)cc1[N+](=O)[O-]. The highest BCUT2D eigenvalue weighted by atomic mass is 16.6. The highest BCUT2D eigenvalue weighted by molar-refractivity contribution is 5.95. The lowest BCUT2D eigenvalue weighted by Crippen LogP contribution is -2.39. The fraction of sp³-hybridized carbons (Fsp3) is 0.476. The summed E-state index contributed by atoms with van der Waals surface area (Å²) in [6.45, 7) is 4.17. The predicted molar refractivity (Wildman–Crippen MR) is 108 cm³/mol. The number of carbonyl (C=O) groups is 1. The van der Waals surface area contributed by atoms with E-state index in [1.807, 2.05) is 19.3 Å². The largest absolute Gasteiger partial charge is 0.353 e. The summed E-state index contributed by atoms with van der Waals surface area (Å²) in [5, 5.41) is 14.2. The molecule has 1 unspecified atom stereocenters. The minimum absolute atomic E-state index is 0.0286. The maximum Gasteiger partial charge on any atom is 0.273 e. The molecule has 1 aromatic heterocycles. The van der Waals surface area contributed by atoms with Crippen LogP contribution < -0.4 is 5.32 Å². The van der Waals surface area contributed by atoms with Crippen molar-refractivity contribution in [1.82, 2.24) is 14.8 Å². The molecule has 1 aromatic carbocycles. The van der Waals surface area contributed by atoms with Crippen LogP contribution in [-0.4, -0.2) is 39.9 Å². The monoisotopic (exact) mass is 384 g/mol. The maximum atomic E-state index is 12.7. The van der Waals surface area contributed by atoms with Crippen LogP contribution in [0, 0.1) is 17.0 Å². The van der Waals surface area contributed by atoms with Gasteiger partial charge in [0.15, 0.2) is 0 Å². The molecule has 28 heavy (non-hydrogen) atoms. The van der Waals surface area contributed by atoms with E-state index < -0.39 is 4.92 Å². The van der Waals surface area contributed by atoms with Crippen LogP contribution in [0.15, 0.2) is 36.5 Å². The highest BCUT2D eigenvalue weighted by Gasteiger charge is 2.24. The van der Waals surface area contributed by atoms with Crippen molar-refractivity contribution >= 4 is 11.6 Å². The van der Waals surface area contributed by atoms with Gasteiger partial charge in [0.05, 0.1) is 11.0 Å². The van der Waals surface area contributed by atoms with E-state index in [2.05, 4.69) is 20.9 Å². The highest BCUT2D eigenvalue weighted by Crippen LogP contribution is 2.24. The number of nitro benzene ring substituents is 1. The Morgan fingerprint density at radius 2 is 1.93 bits per heavy atom. The maximum absolute atomic E-state index is 12.7. The molecule has 0 radical (unpaired) electrons. The van der Waals surface area contributed by atoms with E-state index in [0.717, 1.165) is 18.8 Å². The van der Waals surface area contributed by atoms with E-state index in [9.17, 15) is 14.9 Å². The molecule has 1 aliphatic heterocycles. The molecule has 1 saturated heterocycles. The van der Waals surface area contributed by atoms with Crippen LogP contribution in [0.3, 0.4) is 0 Å². The van der Waals surface area contributed by atoms with Gasteiger partial charge in [0.25, 0.3) is 11.6 Å². The number of nitrogens with one attached hydrogen (secondary N) is 1. The zero-order chi connectivity index (χ0) is 20.1. The van der Waals surface area contributed by atoms with Crippen LogP contribution in [0.5, 0.6) is 0 Å². The zero-order valence-electron chi connectivity index (χ0n) is 16.6. The number of likely N-dealkylation sites (tertiary alicyclic amines) is 1. The molecule has 1 amide bonds. The summed E-state index contributed by atoms with van der Waals surface area (Å²) in [5.74, 6) is -0.280. The number of nitrogens with zero attached hydrogens (tertiary/aromatic N) is 3. The number of nitro groups is 1. The Hall–Kier alpha value is -2.67. The first-order valence-electron chi connectivity index (χ1n) is 9.86. The molecule has 0 spiro atoms. The molecular formula is C21H28N4O3. The summed E-state index contributed by atoms with van der Waals surface area (Å²) in [5.41, 5.74) is 2.00. The molecule has 1 fully saturated rings. The number of carbonyl (C=O) groups excluding carboxylic acids is 1. The molecule has 0 bridgehead atoms. The van der Waals surface area contributed by atoms with E-state index in [0.29, 0.717) is 17.7 Å². The van der Waals surface area contributed by atoms with Crippen molar-refractivity contribution < 1.29 is 9.72 Å². The van der Waals surface area contributed by atoms with E-state index in [4.69, 9.17) is 0 Å². The molecule has 0 aliphatic carbocycles. The normalized spacial score (nSPS) is 16.4. The molecule has 7 heteroatoms. The number of amides is 1. The Bertz CT molecular complexity index is 838. The molecule has 2 aromatic rings.